The van der Waals surface area contributed by atoms with Gasteiger partial charge in [-0.25, -0.2) is 0 Å². The Morgan fingerprint density at radius 1 is 0.864 bits per heavy atom. The van der Waals surface area contributed by atoms with Gasteiger partial charge in [-0.3, -0.25) is 0 Å². The molecule has 0 aromatic heterocycles. The van der Waals surface area contributed by atoms with Gasteiger partial charge in [0.15, 0.2) is 0 Å². The molecular weight excluding hydrogens is 266 g/mol. The molecule has 0 spiro atoms. The van der Waals surface area contributed by atoms with E-state index in [-0.39, 0.29) is 0 Å². The van der Waals surface area contributed by atoms with E-state index in [0.29, 0.717) is 12.1 Å². The molecule has 4 unspecified atom stereocenters. The zero-order chi connectivity index (χ0) is 16.6. The van der Waals surface area contributed by atoms with Crippen LogP contribution in [0.4, 0.5) is 0 Å². The average Bonchev–Trinajstić information content (AvgIpc) is 2.95. The van der Waals surface area contributed by atoms with E-state index in [2.05, 4.69) is 46.9 Å². The van der Waals surface area contributed by atoms with E-state index in [1.165, 1.54) is 64.2 Å². The Morgan fingerprint density at radius 3 is 2.00 bits per heavy atom. The van der Waals surface area contributed by atoms with Gasteiger partial charge in [-0.1, -0.05) is 59.8 Å². The van der Waals surface area contributed by atoms with Gasteiger partial charge in [-0.2, -0.15) is 0 Å². The molecule has 0 radical (unpaired) electrons. The number of hydrogen-bond acceptors (Lipinski definition) is 1. The van der Waals surface area contributed by atoms with Crippen LogP contribution in [0.2, 0.25) is 0 Å². The van der Waals surface area contributed by atoms with Crippen molar-refractivity contribution in [1.29, 1.82) is 0 Å². The van der Waals surface area contributed by atoms with E-state index in [1.807, 2.05) is 0 Å². The van der Waals surface area contributed by atoms with Gasteiger partial charge in [-0.05, 0) is 63.2 Å². The standard InChI is InChI=1S/C21H43N/c1-7-13-21(14-9-10-15-21)16-11-12-18(4)20(6)22-19(5)17(3)8-2/h17-20,22H,7-16H2,1-6H3. The largest absolute Gasteiger partial charge is 0.311 e. The summed E-state index contributed by atoms with van der Waals surface area (Å²) in [5, 5.41) is 3.84. The first-order valence-electron chi connectivity index (χ1n) is 10.2. The van der Waals surface area contributed by atoms with E-state index < -0.39 is 0 Å². The summed E-state index contributed by atoms with van der Waals surface area (Å²) in [6.45, 7) is 14.2. The molecule has 1 saturated carbocycles. The summed E-state index contributed by atoms with van der Waals surface area (Å²) in [4.78, 5) is 0. The maximum absolute atomic E-state index is 3.84. The number of rotatable bonds is 11. The van der Waals surface area contributed by atoms with Gasteiger partial charge >= 0.3 is 0 Å². The van der Waals surface area contributed by atoms with Crippen molar-refractivity contribution in [3.05, 3.63) is 0 Å². The minimum absolute atomic E-state index is 0.642. The van der Waals surface area contributed by atoms with Gasteiger partial charge < -0.3 is 5.32 Å². The van der Waals surface area contributed by atoms with Crippen LogP contribution in [0.15, 0.2) is 0 Å². The van der Waals surface area contributed by atoms with Gasteiger partial charge in [0.05, 0.1) is 0 Å². The SMILES string of the molecule is CCCC1(CCCC(C)C(C)NC(C)C(C)CC)CCCC1. The Kier molecular flexibility index (Phi) is 9.05. The van der Waals surface area contributed by atoms with Crippen LogP contribution in [0.25, 0.3) is 0 Å². The molecule has 132 valence electrons. The molecule has 0 aromatic carbocycles. The topological polar surface area (TPSA) is 12.0 Å². The van der Waals surface area contributed by atoms with Crippen LogP contribution in [0.1, 0.15) is 106 Å². The Bertz CT molecular complexity index is 280. The van der Waals surface area contributed by atoms with Crippen LogP contribution in [0.5, 0.6) is 0 Å². The van der Waals surface area contributed by atoms with Gasteiger partial charge in [-0.15, -0.1) is 0 Å². The number of hydrogen-bond donors (Lipinski definition) is 1. The van der Waals surface area contributed by atoms with Crippen molar-refractivity contribution in [2.75, 3.05) is 0 Å². The summed E-state index contributed by atoms with van der Waals surface area (Å²) in [5.41, 5.74) is 0.731. The molecule has 0 amide bonds. The van der Waals surface area contributed by atoms with Crippen molar-refractivity contribution in [2.45, 2.75) is 118 Å². The highest BCUT2D eigenvalue weighted by Gasteiger charge is 2.32. The fraction of sp³-hybridized carbons (Fsp3) is 1.00. The first kappa shape index (κ1) is 20.0. The third-order valence-corrected chi connectivity index (χ3v) is 6.69. The van der Waals surface area contributed by atoms with Gasteiger partial charge in [0.2, 0.25) is 0 Å². The second-order valence-corrected chi connectivity index (χ2v) is 8.46. The fourth-order valence-corrected chi connectivity index (χ4v) is 4.43. The maximum Gasteiger partial charge on any atom is 0.00669 e. The van der Waals surface area contributed by atoms with Crippen molar-refractivity contribution >= 4 is 0 Å². The lowest BCUT2D eigenvalue weighted by Gasteiger charge is -2.31. The minimum atomic E-state index is 0.642. The van der Waals surface area contributed by atoms with Crippen molar-refractivity contribution in [3.63, 3.8) is 0 Å². The molecule has 1 aliphatic rings. The van der Waals surface area contributed by atoms with Gasteiger partial charge in [0.1, 0.15) is 0 Å². The Balaban J connectivity index is 2.30. The molecule has 0 aromatic rings. The highest BCUT2D eigenvalue weighted by atomic mass is 14.9. The van der Waals surface area contributed by atoms with E-state index in [9.17, 15) is 0 Å². The fourth-order valence-electron chi connectivity index (χ4n) is 4.43. The summed E-state index contributed by atoms with van der Waals surface area (Å²) in [6.07, 6.45) is 14.4. The molecule has 1 heteroatoms. The van der Waals surface area contributed by atoms with Crippen molar-refractivity contribution in [3.8, 4) is 0 Å². The summed E-state index contributed by atoms with van der Waals surface area (Å²) >= 11 is 0. The molecule has 0 aliphatic heterocycles. The quantitative estimate of drug-likeness (QED) is 0.455. The third-order valence-electron chi connectivity index (χ3n) is 6.69. The Morgan fingerprint density at radius 2 is 1.45 bits per heavy atom. The van der Waals surface area contributed by atoms with Crippen molar-refractivity contribution < 1.29 is 0 Å². The molecule has 1 N–H and O–H groups in total. The molecule has 22 heavy (non-hydrogen) atoms. The minimum Gasteiger partial charge on any atom is -0.311 e. The highest BCUT2D eigenvalue weighted by molar-refractivity contribution is 4.85. The van der Waals surface area contributed by atoms with Crippen LogP contribution in [0.3, 0.4) is 0 Å². The van der Waals surface area contributed by atoms with Crippen molar-refractivity contribution in [1.82, 2.24) is 5.32 Å². The van der Waals surface area contributed by atoms with E-state index in [4.69, 9.17) is 0 Å². The second kappa shape index (κ2) is 9.96. The molecule has 1 fully saturated rings. The Hall–Kier alpha value is -0.0400. The summed E-state index contributed by atoms with van der Waals surface area (Å²) < 4.78 is 0. The van der Waals surface area contributed by atoms with Crippen LogP contribution in [0, 0.1) is 17.3 Å². The monoisotopic (exact) mass is 309 g/mol. The average molecular weight is 310 g/mol. The third kappa shape index (κ3) is 6.22. The van der Waals surface area contributed by atoms with E-state index in [0.717, 1.165) is 17.3 Å². The zero-order valence-corrected chi connectivity index (χ0v) is 16.4. The molecule has 0 saturated heterocycles. The van der Waals surface area contributed by atoms with E-state index in [1.54, 1.807) is 0 Å². The number of nitrogens with one attached hydrogen (secondary N) is 1. The molecule has 1 aliphatic carbocycles. The van der Waals surface area contributed by atoms with Gasteiger partial charge in [0.25, 0.3) is 0 Å². The molecule has 0 heterocycles. The lowest BCUT2D eigenvalue weighted by molar-refractivity contribution is 0.223. The molecule has 1 rings (SSSR count). The van der Waals surface area contributed by atoms with E-state index >= 15 is 0 Å². The Labute approximate surface area is 141 Å². The van der Waals surface area contributed by atoms with Gasteiger partial charge in [0, 0.05) is 12.1 Å². The summed E-state index contributed by atoms with van der Waals surface area (Å²) in [7, 11) is 0. The van der Waals surface area contributed by atoms with Crippen LogP contribution in [-0.2, 0) is 0 Å². The van der Waals surface area contributed by atoms with Crippen LogP contribution in [-0.4, -0.2) is 12.1 Å². The highest BCUT2D eigenvalue weighted by Crippen LogP contribution is 2.46. The van der Waals surface area contributed by atoms with Crippen LogP contribution >= 0.6 is 0 Å². The first-order valence-corrected chi connectivity index (χ1v) is 10.2. The normalized spacial score (nSPS) is 23.2. The predicted octanol–water partition coefficient (Wildman–Crippen LogP) is 6.57. The zero-order valence-electron chi connectivity index (χ0n) is 16.4. The first-order chi connectivity index (χ1) is 10.4. The molecule has 1 nitrogen and oxygen atoms in total. The predicted molar refractivity (Wildman–Crippen MR) is 100 cm³/mol. The molecule has 0 bridgehead atoms. The summed E-state index contributed by atoms with van der Waals surface area (Å²) in [6, 6.07) is 1.29. The lowest BCUT2D eigenvalue weighted by atomic mass is 9.76. The molecule has 4 atom stereocenters. The molecular formula is C21H43N. The second-order valence-electron chi connectivity index (χ2n) is 8.46. The summed E-state index contributed by atoms with van der Waals surface area (Å²) in [5.74, 6) is 1.58. The smallest absolute Gasteiger partial charge is 0.00669 e. The maximum atomic E-state index is 3.84. The van der Waals surface area contributed by atoms with Crippen molar-refractivity contribution in [2.24, 2.45) is 17.3 Å². The lowest BCUT2D eigenvalue weighted by Crippen LogP contribution is -2.41. The van der Waals surface area contributed by atoms with Crippen LogP contribution < -0.4 is 5.32 Å².